The molecule has 1 aromatic carbocycles. The van der Waals surface area contributed by atoms with E-state index in [2.05, 4.69) is 37.3 Å². The summed E-state index contributed by atoms with van der Waals surface area (Å²) in [6.45, 7) is 5.56. The third-order valence-corrected chi connectivity index (χ3v) is 4.20. The van der Waals surface area contributed by atoms with Gasteiger partial charge < -0.3 is 4.74 Å². The highest BCUT2D eigenvalue weighted by Crippen LogP contribution is 2.38. The standard InChI is InChI=1S/C17H20N4O/c1-11(2)12-5-6-16(22-4)13(7-12)17-14-8-21(10-18)9-15(14)19-20(17)3/h5-7,11H,8-9H2,1-4H3. The van der Waals surface area contributed by atoms with Gasteiger partial charge in [-0.3, -0.25) is 9.58 Å². The topological polar surface area (TPSA) is 54.1 Å². The number of aryl methyl sites for hydroxylation is 1. The van der Waals surface area contributed by atoms with Crippen LogP contribution in [0.25, 0.3) is 11.3 Å². The highest BCUT2D eigenvalue weighted by molar-refractivity contribution is 5.72. The lowest BCUT2D eigenvalue weighted by Gasteiger charge is -2.15. The van der Waals surface area contributed by atoms with E-state index in [1.54, 1.807) is 12.0 Å². The number of fused-ring (bicyclic) bond motifs is 1. The fraction of sp³-hybridized carbons (Fsp3) is 0.412. The normalized spacial score (nSPS) is 13.4. The first-order valence-electron chi connectivity index (χ1n) is 7.42. The molecule has 114 valence electrons. The van der Waals surface area contributed by atoms with Gasteiger partial charge in [-0.05, 0) is 23.6 Å². The molecule has 3 rings (SSSR count). The smallest absolute Gasteiger partial charge is 0.180 e. The zero-order valence-electron chi connectivity index (χ0n) is 13.4. The zero-order chi connectivity index (χ0) is 15.9. The van der Waals surface area contributed by atoms with Crippen molar-refractivity contribution >= 4 is 0 Å². The van der Waals surface area contributed by atoms with Gasteiger partial charge >= 0.3 is 0 Å². The van der Waals surface area contributed by atoms with Gasteiger partial charge in [-0.25, -0.2) is 0 Å². The highest BCUT2D eigenvalue weighted by Gasteiger charge is 2.28. The van der Waals surface area contributed by atoms with Crippen molar-refractivity contribution in [3.8, 4) is 23.2 Å². The van der Waals surface area contributed by atoms with Gasteiger partial charge in [0.05, 0.1) is 31.6 Å². The Balaban J connectivity index is 2.17. The van der Waals surface area contributed by atoms with E-state index < -0.39 is 0 Å². The summed E-state index contributed by atoms with van der Waals surface area (Å²) >= 11 is 0. The van der Waals surface area contributed by atoms with Crippen LogP contribution in [-0.4, -0.2) is 21.8 Å². The quantitative estimate of drug-likeness (QED) is 0.817. The second-order valence-electron chi connectivity index (χ2n) is 5.97. The summed E-state index contributed by atoms with van der Waals surface area (Å²) in [4.78, 5) is 1.72. The van der Waals surface area contributed by atoms with E-state index in [-0.39, 0.29) is 0 Å². The predicted molar refractivity (Wildman–Crippen MR) is 84.1 cm³/mol. The van der Waals surface area contributed by atoms with Crippen LogP contribution in [-0.2, 0) is 20.1 Å². The summed E-state index contributed by atoms with van der Waals surface area (Å²) in [5.41, 5.74) is 5.47. The molecule has 0 fully saturated rings. The summed E-state index contributed by atoms with van der Waals surface area (Å²) in [6.07, 6.45) is 2.21. The van der Waals surface area contributed by atoms with Crippen LogP contribution in [0.2, 0.25) is 0 Å². The van der Waals surface area contributed by atoms with Crippen molar-refractivity contribution in [1.29, 1.82) is 5.26 Å². The second kappa shape index (κ2) is 5.38. The maximum Gasteiger partial charge on any atom is 0.180 e. The van der Waals surface area contributed by atoms with E-state index in [1.165, 1.54) is 5.56 Å². The van der Waals surface area contributed by atoms with Crippen LogP contribution < -0.4 is 4.74 Å². The molecule has 0 aliphatic carbocycles. The molecule has 1 aliphatic heterocycles. The monoisotopic (exact) mass is 296 g/mol. The molecule has 0 N–H and O–H groups in total. The number of benzene rings is 1. The molecule has 0 spiro atoms. The second-order valence-corrected chi connectivity index (χ2v) is 5.97. The Bertz CT molecular complexity index is 755. The molecule has 0 saturated heterocycles. The molecule has 1 aliphatic rings. The molecule has 0 atom stereocenters. The van der Waals surface area contributed by atoms with Crippen molar-refractivity contribution in [3.63, 3.8) is 0 Å². The lowest BCUT2D eigenvalue weighted by molar-refractivity contribution is 0.407. The summed E-state index contributed by atoms with van der Waals surface area (Å²) in [6, 6.07) is 6.29. The van der Waals surface area contributed by atoms with Crippen LogP contribution in [0, 0.1) is 11.5 Å². The van der Waals surface area contributed by atoms with Gasteiger partial charge in [0.2, 0.25) is 0 Å². The molecule has 5 heteroatoms. The number of methoxy groups -OCH3 is 1. The van der Waals surface area contributed by atoms with E-state index in [0.29, 0.717) is 19.0 Å². The predicted octanol–water partition coefficient (Wildman–Crippen LogP) is 3.02. The SMILES string of the molecule is COc1ccc(C(C)C)cc1-c1c2c(nn1C)CN(C#N)C2. The summed E-state index contributed by atoms with van der Waals surface area (Å²) < 4.78 is 7.46. The zero-order valence-corrected chi connectivity index (χ0v) is 13.4. The van der Waals surface area contributed by atoms with Crippen molar-refractivity contribution in [2.45, 2.75) is 32.9 Å². The fourth-order valence-corrected chi connectivity index (χ4v) is 3.02. The minimum absolute atomic E-state index is 0.446. The number of ether oxygens (including phenoxy) is 1. The minimum Gasteiger partial charge on any atom is -0.496 e. The third kappa shape index (κ3) is 2.21. The van der Waals surface area contributed by atoms with Gasteiger partial charge in [0.15, 0.2) is 6.19 Å². The fourth-order valence-electron chi connectivity index (χ4n) is 3.02. The molecule has 1 aromatic heterocycles. The Morgan fingerprint density at radius 1 is 1.32 bits per heavy atom. The molecule has 2 heterocycles. The molecule has 2 aromatic rings. The largest absolute Gasteiger partial charge is 0.496 e. The highest BCUT2D eigenvalue weighted by atomic mass is 16.5. The Hall–Kier alpha value is -2.48. The third-order valence-electron chi connectivity index (χ3n) is 4.20. The van der Waals surface area contributed by atoms with Crippen LogP contribution in [0.5, 0.6) is 5.75 Å². The van der Waals surface area contributed by atoms with Gasteiger partial charge in [0, 0.05) is 18.2 Å². The molecule has 0 bridgehead atoms. The van der Waals surface area contributed by atoms with Crippen LogP contribution in [0.1, 0.15) is 36.6 Å². The molecular formula is C17H20N4O. The molecule has 0 radical (unpaired) electrons. The first kappa shape index (κ1) is 14.5. The number of aromatic nitrogens is 2. The van der Waals surface area contributed by atoms with Gasteiger partial charge in [0.1, 0.15) is 5.75 Å². The maximum atomic E-state index is 9.12. The number of hydrogen-bond acceptors (Lipinski definition) is 4. The van der Waals surface area contributed by atoms with Crippen LogP contribution in [0.15, 0.2) is 18.2 Å². The number of nitriles is 1. The number of rotatable bonds is 3. The van der Waals surface area contributed by atoms with E-state index in [9.17, 15) is 0 Å². The van der Waals surface area contributed by atoms with E-state index in [0.717, 1.165) is 28.3 Å². The Morgan fingerprint density at radius 2 is 2.09 bits per heavy atom. The van der Waals surface area contributed by atoms with Crippen molar-refractivity contribution in [2.75, 3.05) is 7.11 Å². The average Bonchev–Trinajstić information content (AvgIpc) is 3.02. The first-order chi connectivity index (χ1) is 10.5. The Labute approximate surface area is 130 Å². The summed E-state index contributed by atoms with van der Waals surface area (Å²) in [7, 11) is 3.64. The Kier molecular flexibility index (Phi) is 3.53. The molecule has 5 nitrogen and oxygen atoms in total. The van der Waals surface area contributed by atoms with Crippen molar-refractivity contribution in [1.82, 2.24) is 14.7 Å². The molecule has 0 saturated carbocycles. The van der Waals surface area contributed by atoms with Gasteiger partial charge in [-0.1, -0.05) is 19.9 Å². The first-order valence-corrected chi connectivity index (χ1v) is 7.42. The molecule has 0 unspecified atom stereocenters. The molecular weight excluding hydrogens is 276 g/mol. The van der Waals surface area contributed by atoms with Gasteiger partial charge in [-0.2, -0.15) is 10.4 Å². The number of nitrogens with zero attached hydrogens (tertiary/aromatic N) is 4. The Morgan fingerprint density at radius 3 is 2.73 bits per heavy atom. The van der Waals surface area contributed by atoms with Crippen molar-refractivity contribution in [3.05, 3.63) is 35.0 Å². The minimum atomic E-state index is 0.446. The molecule has 22 heavy (non-hydrogen) atoms. The summed E-state index contributed by atoms with van der Waals surface area (Å²) in [5, 5.41) is 13.7. The van der Waals surface area contributed by atoms with Crippen LogP contribution >= 0.6 is 0 Å². The van der Waals surface area contributed by atoms with Gasteiger partial charge in [0.25, 0.3) is 0 Å². The van der Waals surface area contributed by atoms with E-state index in [4.69, 9.17) is 10.00 Å². The van der Waals surface area contributed by atoms with E-state index >= 15 is 0 Å². The molecule has 0 amide bonds. The lowest BCUT2D eigenvalue weighted by Crippen LogP contribution is -2.10. The van der Waals surface area contributed by atoms with Crippen molar-refractivity contribution < 1.29 is 4.74 Å². The van der Waals surface area contributed by atoms with Crippen molar-refractivity contribution in [2.24, 2.45) is 7.05 Å². The van der Waals surface area contributed by atoms with Crippen LogP contribution in [0.4, 0.5) is 0 Å². The van der Waals surface area contributed by atoms with Crippen LogP contribution in [0.3, 0.4) is 0 Å². The maximum absolute atomic E-state index is 9.12. The number of hydrogen-bond donors (Lipinski definition) is 0. The summed E-state index contributed by atoms with van der Waals surface area (Å²) in [5.74, 6) is 1.28. The van der Waals surface area contributed by atoms with Gasteiger partial charge in [-0.15, -0.1) is 0 Å². The van der Waals surface area contributed by atoms with E-state index in [1.807, 2.05) is 17.8 Å². The lowest BCUT2D eigenvalue weighted by atomic mass is 9.97. The average molecular weight is 296 g/mol.